The second-order valence-corrected chi connectivity index (χ2v) is 9.72. The number of carbonyl (C=O) groups excluding carboxylic acids is 1. The molecular formula is C26H29F6N5O3. The number of halogens is 6. The van der Waals surface area contributed by atoms with Gasteiger partial charge in [-0.15, -0.1) is 26.3 Å². The molecule has 2 aromatic rings. The monoisotopic (exact) mass is 573 g/mol. The fourth-order valence-corrected chi connectivity index (χ4v) is 5.06. The molecule has 0 spiro atoms. The summed E-state index contributed by atoms with van der Waals surface area (Å²) in [6, 6.07) is 9.13. The molecule has 0 saturated heterocycles. The number of urea groups is 1. The second kappa shape index (κ2) is 11.4. The molecule has 8 nitrogen and oxygen atoms in total. The summed E-state index contributed by atoms with van der Waals surface area (Å²) in [5.41, 5.74) is 1.59. The largest absolute Gasteiger partial charge is 0.573 e. The number of hydrogen-bond donors (Lipinski definition) is 3. The molecule has 2 amide bonds. The van der Waals surface area contributed by atoms with Crippen LogP contribution in [0.5, 0.6) is 11.5 Å². The topological polar surface area (TPSA) is 87.2 Å². The predicted molar refractivity (Wildman–Crippen MR) is 133 cm³/mol. The molecule has 1 fully saturated rings. The third-order valence-electron chi connectivity index (χ3n) is 6.67. The molecule has 40 heavy (non-hydrogen) atoms. The van der Waals surface area contributed by atoms with Crippen molar-refractivity contribution in [2.24, 2.45) is 4.99 Å². The van der Waals surface area contributed by atoms with Gasteiger partial charge in [0.1, 0.15) is 23.5 Å². The molecule has 1 heterocycles. The van der Waals surface area contributed by atoms with Gasteiger partial charge in [-0.1, -0.05) is 37.1 Å². The number of rotatable bonds is 8. The fraction of sp³-hybridized carbons (Fsp3) is 0.462. The van der Waals surface area contributed by atoms with Crippen LogP contribution in [0.2, 0.25) is 0 Å². The van der Waals surface area contributed by atoms with E-state index in [9.17, 15) is 31.1 Å². The molecule has 14 heteroatoms. The van der Waals surface area contributed by atoms with Gasteiger partial charge in [-0.25, -0.2) is 10.2 Å². The lowest BCUT2D eigenvalue weighted by atomic mass is 9.79. The van der Waals surface area contributed by atoms with E-state index in [2.05, 4.69) is 30.5 Å². The van der Waals surface area contributed by atoms with Gasteiger partial charge in [0.15, 0.2) is 0 Å². The molecule has 1 saturated carbocycles. The van der Waals surface area contributed by atoms with E-state index in [4.69, 9.17) is 0 Å². The number of carbonyl (C=O) groups is 1. The third-order valence-corrected chi connectivity index (χ3v) is 6.67. The summed E-state index contributed by atoms with van der Waals surface area (Å²) in [6.07, 6.45) is -7.13. The first-order chi connectivity index (χ1) is 18.7. The van der Waals surface area contributed by atoms with Crippen molar-refractivity contribution in [1.82, 2.24) is 21.1 Å². The molecule has 1 atom stereocenters. The average molecular weight is 574 g/mol. The summed E-state index contributed by atoms with van der Waals surface area (Å²) in [5.74, 6) is -0.732. The van der Waals surface area contributed by atoms with Gasteiger partial charge >= 0.3 is 18.8 Å². The van der Waals surface area contributed by atoms with Crippen LogP contribution in [0, 0.1) is 0 Å². The van der Waals surface area contributed by atoms with Crippen LogP contribution in [0.4, 0.5) is 31.1 Å². The van der Waals surface area contributed by atoms with E-state index < -0.39 is 35.8 Å². The lowest BCUT2D eigenvalue weighted by molar-refractivity contribution is -0.275. The maximum absolute atomic E-state index is 13.4. The van der Waals surface area contributed by atoms with Crippen LogP contribution in [-0.4, -0.2) is 48.9 Å². The van der Waals surface area contributed by atoms with E-state index in [1.54, 1.807) is 19.0 Å². The van der Waals surface area contributed by atoms with Crippen molar-refractivity contribution in [1.29, 1.82) is 0 Å². The lowest BCUT2D eigenvalue weighted by Crippen LogP contribution is -2.54. The molecule has 0 radical (unpaired) electrons. The summed E-state index contributed by atoms with van der Waals surface area (Å²) in [7, 11) is 1.66. The number of amidine groups is 1. The van der Waals surface area contributed by atoms with Crippen LogP contribution in [0.25, 0.3) is 0 Å². The van der Waals surface area contributed by atoms with Crippen molar-refractivity contribution in [3.63, 3.8) is 0 Å². The van der Waals surface area contributed by atoms with E-state index in [1.165, 1.54) is 24.3 Å². The number of aliphatic imine (C=N–C) groups is 1. The Balaban J connectivity index is 1.87. The Morgan fingerprint density at radius 1 is 0.975 bits per heavy atom. The highest BCUT2D eigenvalue weighted by Gasteiger charge is 2.42. The molecule has 0 bridgehead atoms. The SMILES string of the molecule is CC1N=C(CC(NC(=O)NC2CCCC2)(c2cccc(OC(F)(F)F)c2)c2cccc(OC(F)(F)F)c2)N(C)N1. The molecular weight excluding hydrogens is 544 g/mol. The molecule has 3 N–H and O–H groups in total. The van der Waals surface area contributed by atoms with Crippen molar-refractivity contribution >= 4 is 11.9 Å². The quantitative estimate of drug-likeness (QED) is 0.361. The molecule has 1 aliphatic carbocycles. The number of hydrazine groups is 1. The summed E-state index contributed by atoms with van der Waals surface area (Å²) < 4.78 is 86.9. The van der Waals surface area contributed by atoms with Crippen LogP contribution in [0.15, 0.2) is 53.5 Å². The predicted octanol–water partition coefficient (Wildman–Crippen LogP) is 5.55. The Kier molecular flexibility index (Phi) is 8.38. The van der Waals surface area contributed by atoms with Gasteiger partial charge in [0.25, 0.3) is 0 Å². The summed E-state index contributed by atoms with van der Waals surface area (Å²) in [6.45, 7) is 1.76. The molecule has 2 aliphatic rings. The number of alkyl halides is 6. The van der Waals surface area contributed by atoms with Gasteiger partial charge < -0.3 is 20.1 Å². The van der Waals surface area contributed by atoms with Crippen molar-refractivity contribution in [2.45, 2.75) is 69.5 Å². The van der Waals surface area contributed by atoms with Gasteiger partial charge in [-0.2, -0.15) is 0 Å². The first kappa shape index (κ1) is 29.3. The smallest absolute Gasteiger partial charge is 0.406 e. The lowest BCUT2D eigenvalue weighted by Gasteiger charge is -2.37. The fourth-order valence-electron chi connectivity index (χ4n) is 5.06. The first-order valence-corrected chi connectivity index (χ1v) is 12.6. The standard InChI is InChI=1S/C26H29F6N5O3/c1-16-33-22(37(2)36-16)15-24(35-23(38)34-19-9-3-4-10-19,17-7-5-11-20(13-17)39-25(27,28)29)18-8-6-12-21(14-18)40-26(30,31)32/h5-8,11-14,16,19,36H,3-4,9-10,15H2,1-2H3,(H2,34,35,38). The molecule has 0 aromatic heterocycles. The Morgan fingerprint density at radius 2 is 1.50 bits per heavy atom. The first-order valence-electron chi connectivity index (χ1n) is 12.6. The van der Waals surface area contributed by atoms with E-state index >= 15 is 0 Å². The number of nitrogens with one attached hydrogen (secondary N) is 3. The van der Waals surface area contributed by atoms with Gasteiger partial charge in [0.2, 0.25) is 0 Å². The van der Waals surface area contributed by atoms with Gasteiger partial charge in [-0.05, 0) is 55.2 Å². The Morgan fingerprint density at radius 3 is 1.95 bits per heavy atom. The molecule has 1 unspecified atom stereocenters. The highest BCUT2D eigenvalue weighted by Crippen LogP contribution is 2.39. The van der Waals surface area contributed by atoms with E-state index in [0.29, 0.717) is 5.84 Å². The summed E-state index contributed by atoms with van der Waals surface area (Å²) >= 11 is 0. The van der Waals surface area contributed by atoms with Gasteiger partial charge in [0.05, 0.1) is 5.54 Å². The normalized spacial score (nSPS) is 18.4. The van der Waals surface area contributed by atoms with Crippen LogP contribution < -0.4 is 25.5 Å². The highest BCUT2D eigenvalue weighted by atomic mass is 19.4. The van der Waals surface area contributed by atoms with Crippen molar-refractivity contribution in [3.05, 3.63) is 59.7 Å². The van der Waals surface area contributed by atoms with E-state index in [-0.39, 0.29) is 29.8 Å². The van der Waals surface area contributed by atoms with E-state index in [0.717, 1.165) is 49.9 Å². The molecule has 218 valence electrons. The van der Waals surface area contributed by atoms with Crippen molar-refractivity contribution in [3.8, 4) is 11.5 Å². The van der Waals surface area contributed by atoms with Gasteiger partial charge in [0, 0.05) is 19.5 Å². The molecule has 2 aromatic carbocycles. The minimum Gasteiger partial charge on any atom is -0.406 e. The Hall–Kier alpha value is -3.68. The zero-order chi connectivity index (χ0) is 29.1. The van der Waals surface area contributed by atoms with Crippen LogP contribution >= 0.6 is 0 Å². The van der Waals surface area contributed by atoms with Crippen LogP contribution in [0.3, 0.4) is 0 Å². The average Bonchev–Trinajstić information content (AvgIpc) is 3.45. The molecule has 4 rings (SSSR count). The Labute approximate surface area is 226 Å². The zero-order valence-electron chi connectivity index (χ0n) is 21.7. The zero-order valence-corrected chi connectivity index (χ0v) is 21.7. The summed E-state index contributed by atoms with van der Waals surface area (Å²) in [4.78, 5) is 17.9. The van der Waals surface area contributed by atoms with E-state index in [1.807, 2.05) is 0 Å². The second-order valence-electron chi connectivity index (χ2n) is 9.72. The van der Waals surface area contributed by atoms with Crippen LogP contribution in [0.1, 0.15) is 50.2 Å². The van der Waals surface area contributed by atoms with Crippen molar-refractivity contribution < 1.29 is 40.6 Å². The Bertz CT molecular complexity index is 1170. The number of nitrogens with zero attached hydrogens (tertiary/aromatic N) is 2. The highest BCUT2D eigenvalue weighted by molar-refractivity contribution is 5.87. The number of benzene rings is 2. The maximum Gasteiger partial charge on any atom is 0.573 e. The van der Waals surface area contributed by atoms with Gasteiger partial charge in [-0.3, -0.25) is 10.0 Å². The maximum atomic E-state index is 13.4. The number of amides is 2. The third kappa shape index (κ3) is 7.49. The summed E-state index contributed by atoms with van der Waals surface area (Å²) in [5, 5.41) is 7.34. The minimum absolute atomic E-state index is 0.120. The number of ether oxygens (including phenoxy) is 2. The van der Waals surface area contributed by atoms with Crippen LogP contribution in [-0.2, 0) is 5.54 Å². The number of hydrogen-bond acceptors (Lipinski definition) is 6. The van der Waals surface area contributed by atoms with Crippen molar-refractivity contribution in [2.75, 3.05) is 7.05 Å². The minimum atomic E-state index is -5.00. The molecule has 1 aliphatic heterocycles.